The monoisotopic (exact) mass is 394 g/mol. The Balaban J connectivity index is 1.54. The zero-order valence-corrected chi connectivity index (χ0v) is 16.1. The summed E-state index contributed by atoms with van der Waals surface area (Å²) in [6.45, 7) is 11.6. The van der Waals surface area contributed by atoms with Gasteiger partial charge in [0.1, 0.15) is 0 Å². The van der Waals surface area contributed by atoms with Crippen LogP contribution in [0.15, 0.2) is 48.3 Å². The van der Waals surface area contributed by atoms with E-state index in [0.717, 1.165) is 36.1 Å². The quantitative estimate of drug-likeness (QED) is 0.730. The van der Waals surface area contributed by atoms with E-state index >= 15 is 0 Å². The molecule has 2 saturated heterocycles. The van der Waals surface area contributed by atoms with Gasteiger partial charge in [0, 0.05) is 38.9 Å². The lowest BCUT2D eigenvalue weighted by Crippen LogP contribution is -2.36. The standard InChI is InChI=1S/C20H25F3N4O/c1-4-14(2)5-6-15(3)8-25-9-16-11-26(12-17(16)10-25)19(28)27-13-18(7-24-27)20(21,22)23/h4-7,13,16-17H,1,8-12H2,2-3H3/b14-5-,15-6+. The number of alkyl halides is 3. The van der Waals surface area contributed by atoms with Crippen LogP contribution in [0.1, 0.15) is 19.4 Å². The Kier molecular flexibility index (Phi) is 5.79. The Hall–Kier alpha value is -2.35. The first kappa shape index (κ1) is 20.4. The maximum atomic E-state index is 12.7. The van der Waals surface area contributed by atoms with Gasteiger partial charge < -0.3 is 4.90 Å². The molecule has 8 heteroatoms. The molecule has 3 rings (SSSR count). The van der Waals surface area contributed by atoms with Crippen molar-refractivity contribution in [2.75, 3.05) is 32.7 Å². The molecule has 152 valence electrons. The summed E-state index contributed by atoms with van der Waals surface area (Å²) < 4.78 is 38.9. The first-order valence-corrected chi connectivity index (χ1v) is 9.27. The Labute approximate surface area is 162 Å². The topological polar surface area (TPSA) is 41.4 Å². The highest BCUT2D eigenvalue weighted by Crippen LogP contribution is 2.32. The molecule has 1 aromatic rings. The van der Waals surface area contributed by atoms with Gasteiger partial charge in [-0.25, -0.2) is 4.79 Å². The van der Waals surface area contributed by atoms with E-state index in [1.165, 1.54) is 5.57 Å². The van der Waals surface area contributed by atoms with Crippen LogP contribution in [-0.4, -0.2) is 58.3 Å². The van der Waals surface area contributed by atoms with E-state index in [0.29, 0.717) is 31.1 Å². The number of hydrogen-bond donors (Lipinski definition) is 0. The molecular formula is C20H25F3N4O. The van der Waals surface area contributed by atoms with Crippen molar-refractivity contribution in [1.29, 1.82) is 0 Å². The number of nitrogens with zero attached hydrogens (tertiary/aromatic N) is 4. The molecule has 28 heavy (non-hydrogen) atoms. The number of rotatable bonds is 4. The number of allylic oxidation sites excluding steroid dienone is 4. The molecule has 2 aliphatic heterocycles. The zero-order chi connectivity index (χ0) is 20.5. The molecule has 2 unspecified atom stereocenters. The Morgan fingerprint density at radius 2 is 1.86 bits per heavy atom. The summed E-state index contributed by atoms with van der Waals surface area (Å²) in [6.07, 6.45) is 2.90. The van der Waals surface area contributed by atoms with Gasteiger partial charge in [-0.15, -0.1) is 0 Å². The van der Waals surface area contributed by atoms with Gasteiger partial charge in [-0.05, 0) is 25.7 Å². The van der Waals surface area contributed by atoms with Crippen LogP contribution in [0.4, 0.5) is 18.0 Å². The number of hydrogen-bond acceptors (Lipinski definition) is 3. The summed E-state index contributed by atoms with van der Waals surface area (Å²) in [5, 5.41) is 3.59. The third kappa shape index (κ3) is 4.55. The van der Waals surface area contributed by atoms with Crippen molar-refractivity contribution >= 4 is 6.03 Å². The molecular weight excluding hydrogens is 369 g/mol. The number of amides is 1. The van der Waals surface area contributed by atoms with Crippen LogP contribution in [0.2, 0.25) is 0 Å². The summed E-state index contributed by atoms with van der Waals surface area (Å²) in [4.78, 5) is 16.5. The van der Waals surface area contributed by atoms with E-state index in [2.05, 4.69) is 29.6 Å². The maximum absolute atomic E-state index is 12.7. The van der Waals surface area contributed by atoms with Crippen LogP contribution >= 0.6 is 0 Å². The van der Waals surface area contributed by atoms with Crippen molar-refractivity contribution in [2.45, 2.75) is 20.0 Å². The van der Waals surface area contributed by atoms with Gasteiger partial charge in [-0.2, -0.15) is 23.0 Å². The van der Waals surface area contributed by atoms with Crippen molar-refractivity contribution in [3.63, 3.8) is 0 Å². The minimum atomic E-state index is -4.49. The molecule has 0 saturated carbocycles. The largest absolute Gasteiger partial charge is 0.419 e. The lowest BCUT2D eigenvalue weighted by atomic mass is 10.0. The van der Waals surface area contributed by atoms with Gasteiger partial charge >= 0.3 is 12.2 Å². The van der Waals surface area contributed by atoms with Crippen molar-refractivity contribution in [3.8, 4) is 0 Å². The third-order valence-corrected chi connectivity index (χ3v) is 5.36. The number of halogens is 3. The van der Waals surface area contributed by atoms with E-state index < -0.39 is 17.8 Å². The number of likely N-dealkylation sites (tertiary alicyclic amines) is 2. The average Bonchev–Trinajstić information content (AvgIpc) is 3.32. The molecule has 1 amide bonds. The minimum absolute atomic E-state index is 0.347. The van der Waals surface area contributed by atoms with Crippen LogP contribution in [0.5, 0.6) is 0 Å². The van der Waals surface area contributed by atoms with Gasteiger partial charge in [0.2, 0.25) is 0 Å². The Morgan fingerprint density at radius 3 is 2.39 bits per heavy atom. The van der Waals surface area contributed by atoms with E-state index in [-0.39, 0.29) is 0 Å². The molecule has 5 nitrogen and oxygen atoms in total. The predicted molar refractivity (Wildman–Crippen MR) is 101 cm³/mol. The van der Waals surface area contributed by atoms with Crippen molar-refractivity contribution in [2.24, 2.45) is 11.8 Å². The normalized spacial score (nSPS) is 24.0. The molecule has 2 fully saturated rings. The van der Waals surface area contributed by atoms with Gasteiger partial charge in [0.25, 0.3) is 0 Å². The molecule has 0 bridgehead atoms. The highest BCUT2D eigenvalue weighted by Gasteiger charge is 2.42. The van der Waals surface area contributed by atoms with Crippen LogP contribution in [-0.2, 0) is 6.18 Å². The number of carbonyl (C=O) groups excluding carboxylic acids is 1. The fourth-order valence-corrected chi connectivity index (χ4v) is 3.84. The van der Waals surface area contributed by atoms with Crippen LogP contribution in [0.3, 0.4) is 0 Å². The molecule has 0 spiro atoms. The molecule has 3 heterocycles. The second-order valence-electron chi connectivity index (χ2n) is 7.70. The van der Waals surface area contributed by atoms with Crippen molar-refractivity contribution < 1.29 is 18.0 Å². The summed E-state index contributed by atoms with van der Waals surface area (Å²) >= 11 is 0. The Morgan fingerprint density at radius 1 is 1.21 bits per heavy atom. The number of fused-ring (bicyclic) bond motifs is 1. The van der Waals surface area contributed by atoms with Gasteiger partial charge in [0.05, 0.1) is 11.8 Å². The fraction of sp³-hybridized carbons (Fsp3) is 0.500. The van der Waals surface area contributed by atoms with Gasteiger partial charge in [-0.1, -0.05) is 36.0 Å². The lowest BCUT2D eigenvalue weighted by molar-refractivity contribution is -0.137. The van der Waals surface area contributed by atoms with Crippen LogP contribution in [0, 0.1) is 11.8 Å². The zero-order valence-electron chi connectivity index (χ0n) is 16.1. The Bertz CT molecular complexity index is 795. The smallest absolute Gasteiger partial charge is 0.322 e. The average molecular weight is 394 g/mol. The molecule has 0 aromatic carbocycles. The van der Waals surface area contributed by atoms with Crippen molar-refractivity contribution in [1.82, 2.24) is 19.6 Å². The first-order chi connectivity index (χ1) is 13.2. The van der Waals surface area contributed by atoms with E-state index in [4.69, 9.17) is 0 Å². The number of aromatic nitrogens is 2. The second kappa shape index (κ2) is 7.95. The number of carbonyl (C=O) groups is 1. The molecule has 1 aromatic heterocycles. The highest BCUT2D eigenvalue weighted by molar-refractivity contribution is 5.76. The summed E-state index contributed by atoms with van der Waals surface area (Å²) in [7, 11) is 0. The third-order valence-electron chi connectivity index (χ3n) is 5.36. The van der Waals surface area contributed by atoms with Gasteiger partial charge in [-0.3, -0.25) is 4.90 Å². The lowest BCUT2D eigenvalue weighted by Gasteiger charge is -2.21. The van der Waals surface area contributed by atoms with Crippen LogP contribution in [0.25, 0.3) is 0 Å². The summed E-state index contributed by atoms with van der Waals surface area (Å²) in [6, 6.07) is -0.488. The minimum Gasteiger partial charge on any atom is -0.322 e. The SMILES string of the molecule is C=C/C(C)=C\C=C(/C)CN1CC2CN(C(=O)n3cc(C(F)(F)F)cn3)CC2C1. The predicted octanol–water partition coefficient (Wildman–Crippen LogP) is 3.81. The molecule has 2 aliphatic rings. The highest BCUT2D eigenvalue weighted by atomic mass is 19.4. The second-order valence-corrected chi connectivity index (χ2v) is 7.70. The van der Waals surface area contributed by atoms with Crippen LogP contribution < -0.4 is 0 Å². The van der Waals surface area contributed by atoms with E-state index in [9.17, 15) is 18.0 Å². The summed E-state index contributed by atoms with van der Waals surface area (Å²) in [5.41, 5.74) is 1.46. The van der Waals surface area contributed by atoms with Gasteiger partial charge in [0.15, 0.2) is 0 Å². The molecule has 0 N–H and O–H groups in total. The molecule has 2 atom stereocenters. The fourth-order valence-electron chi connectivity index (χ4n) is 3.84. The van der Waals surface area contributed by atoms with E-state index in [1.54, 1.807) is 4.90 Å². The summed E-state index contributed by atoms with van der Waals surface area (Å²) in [5.74, 6) is 0.694. The van der Waals surface area contributed by atoms with E-state index in [1.807, 2.05) is 19.1 Å². The maximum Gasteiger partial charge on any atom is 0.419 e. The molecule has 0 radical (unpaired) electrons. The first-order valence-electron chi connectivity index (χ1n) is 9.27. The molecule has 0 aliphatic carbocycles. The van der Waals surface area contributed by atoms with Crippen molar-refractivity contribution in [3.05, 3.63) is 53.9 Å².